The molecule has 0 aliphatic heterocycles. The summed E-state index contributed by atoms with van der Waals surface area (Å²) in [5.74, 6) is 0.769. The van der Waals surface area contributed by atoms with Crippen molar-refractivity contribution in [2.45, 2.75) is 46.6 Å². The third kappa shape index (κ3) is 2.69. The van der Waals surface area contributed by atoms with Gasteiger partial charge in [-0.25, -0.2) is 9.78 Å². The van der Waals surface area contributed by atoms with Gasteiger partial charge in [-0.3, -0.25) is 0 Å². The summed E-state index contributed by atoms with van der Waals surface area (Å²) in [5, 5.41) is 9.06. The number of aromatic nitrogens is 2. The number of aryl methyl sites for hydroxylation is 1. The maximum atomic E-state index is 11.0. The summed E-state index contributed by atoms with van der Waals surface area (Å²) in [5.41, 5.74) is 2.12. The fourth-order valence-electron chi connectivity index (χ4n) is 2.59. The molecule has 4 heteroatoms. The van der Waals surface area contributed by atoms with E-state index in [1.165, 1.54) is 0 Å². The van der Waals surface area contributed by atoms with E-state index in [0.29, 0.717) is 11.5 Å². The molecule has 108 valence electrons. The zero-order valence-corrected chi connectivity index (χ0v) is 12.4. The third-order valence-corrected chi connectivity index (χ3v) is 3.99. The van der Waals surface area contributed by atoms with E-state index in [-0.39, 0.29) is 0 Å². The molecule has 0 spiro atoms. The number of rotatable bonds is 6. The van der Waals surface area contributed by atoms with Crippen LogP contribution in [0.25, 0.3) is 11.0 Å². The summed E-state index contributed by atoms with van der Waals surface area (Å²) in [4.78, 5) is 15.6. The van der Waals surface area contributed by atoms with Gasteiger partial charge >= 0.3 is 5.97 Å². The first-order chi connectivity index (χ1) is 9.60. The molecule has 20 heavy (non-hydrogen) atoms. The van der Waals surface area contributed by atoms with E-state index < -0.39 is 5.97 Å². The highest BCUT2D eigenvalue weighted by atomic mass is 16.4. The Kier molecular flexibility index (Phi) is 4.42. The largest absolute Gasteiger partial charge is 0.478 e. The highest BCUT2D eigenvalue weighted by Gasteiger charge is 2.14. The van der Waals surface area contributed by atoms with Crippen LogP contribution in [-0.4, -0.2) is 20.6 Å². The highest BCUT2D eigenvalue weighted by molar-refractivity contribution is 5.92. The van der Waals surface area contributed by atoms with E-state index in [9.17, 15) is 4.79 Å². The smallest absolute Gasteiger partial charge is 0.335 e. The lowest BCUT2D eigenvalue weighted by Gasteiger charge is -2.15. The molecule has 0 unspecified atom stereocenters. The van der Waals surface area contributed by atoms with Crippen LogP contribution in [0.1, 0.15) is 49.8 Å². The molecule has 1 N–H and O–H groups in total. The number of carboxylic acid groups (broad SMARTS) is 1. The molecular weight excluding hydrogens is 252 g/mol. The molecule has 0 aliphatic rings. The van der Waals surface area contributed by atoms with Crippen LogP contribution in [0.2, 0.25) is 0 Å². The Morgan fingerprint density at radius 3 is 2.55 bits per heavy atom. The number of hydrogen-bond acceptors (Lipinski definition) is 2. The van der Waals surface area contributed by atoms with Crippen LogP contribution in [-0.2, 0) is 13.0 Å². The first-order valence-electron chi connectivity index (χ1n) is 7.33. The lowest BCUT2D eigenvalue weighted by molar-refractivity contribution is 0.0697. The van der Waals surface area contributed by atoms with Gasteiger partial charge in [0.05, 0.1) is 16.6 Å². The number of hydrogen-bond donors (Lipinski definition) is 1. The SMILES string of the molecule is CCc1nc2cc(C(=O)O)ccc2n1CC(CC)CC. The minimum atomic E-state index is -0.903. The molecular formula is C16H22N2O2. The van der Waals surface area contributed by atoms with Gasteiger partial charge in [0.1, 0.15) is 5.82 Å². The molecule has 0 bridgehead atoms. The molecule has 1 aromatic heterocycles. The summed E-state index contributed by atoms with van der Waals surface area (Å²) in [6.45, 7) is 7.46. The molecule has 2 rings (SSSR count). The molecule has 1 heterocycles. The second-order valence-corrected chi connectivity index (χ2v) is 5.18. The quantitative estimate of drug-likeness (QED) is 0.873. The van der Waals surface area contributed by atoms with Crippen molar-refractivity contribution < 1.29 is 9.90 Å². The molecule has 0 amide bonds. The summed E-state index contributed by atoms with van der Waals surface area (Å²) in [7, 11) is 0. The van der Waals surface area contributed by atoms with Crippen LogP contribution < -0.4 is 0 Å². The molecule has 0 saturated carbocycles. The van der Waals surface area contributed by atoms with Crippen molar-refractivity contribution in [2.75, 3.05) is 0 Å². The van der Waals surface area contributed by atoms with Crippen molar-refractivity contribution in [2.24, 2.45) is 5.92 Å². The van der Waals surface area contributed by atoms with Gasteiger partial charge in [0.2, 0.25) is 0 Å². The molecule has 0 radical (unpaired) electrons. The van der Waals surface area contributed by atoms with Crippen molar-refractivity contribution in [1.82, 2.24) is 9.55 Å². The minimum Gasteiger partial charge on any atom is -0.478 e. The second-order valence-electron chi connectivity index (χ2n) is 5.18. The van der Waals surface area contributed by atoms with Crippen LogP contribution >= 0.6 is 0 Å². The topological polar surface area (TPSA) is 55.1 Å². The molecule has 1 aromatic carbocycles. The van der Waals surface area contributed by atoms with Gasteiger partial charge in [0, 0.05) is 13.0 Å². The van der Waals surface area contributed by atoms with Crippen LogP contribution in [0.4, 0.5) is 0 Å². The van der Waals surface area contributed by atoms with Gasteiger partial charge in [-0.1, -0.05) is 33.6 Å². The normalized spacial score (nSPS) is 11.4. The first kappa shape index (κ1) is 14.6. The standard InChI is InChI=1S/C16H22N2O2/c1-4-11(5-2)10-18-14-8-7-12(16(19)20)9-13(14)17-15(18)6-3/h7-9,11H,4-6,10H2,1-3H3,(H,19,20). The highest BCUT2D eigenvalue weighted by Crippen LogP contribution is 2.22. The summed E-state index contributed by atoms with van der Waals surface area (Å²) >= 11 is 0. The zero-order chi connectivity index (χ0) is 14.7. The summed E-state index contributed by atoms with van der Waals surface area (Å²) in [6, 6.07) is 5.21. The Labute approximate surface area is 119 Å². The molecule has 0 aliphatic carbocycles. The zero-order valence-electron chi connectivity index (χ0n) is 12.4. The second kappa shape index (κ2) is 6.07. The van der Waals surface area contributed by atoms with E-state index in [2.05, 4.69) is 30.3 Å². The molecule has 4 nitrogen and oxygen atoms in total. The molecule has 0 saturated heterocycles. The Morgan fingerprint density at radius 2 is 2.00 bits per heavy atom. The van der Waals surface area contributed by atoms with Crippen LogP contribution in [0, 0.1) is 5.92 Å². The maximum Gasteiger partial charge on any atom is 0.335 e. The number of carboxylic acids is 1. The van der Waals surface area contributed by atoms with Crippen molar-refractivity contribution in [3.05, 3.63) is 29.6 Å². The Morgan fingerprint density at radius 1 is 1.30 bits per heavy atom. The van der Waals surface area contributed by atoms with Gasteiger partial charge in [-0.2, -0.15) is 0 Å². The summed E-state index contributed by atoms with van der Waals surface area (Å²) in [6.07, 6.45) is 3.15. The van der Waals surface area contributed by atoms with E-state index >= 15 is 0 Å². The fourth-order valence-corrected chi connectivity index (χ4v) is 2.59. The average Bonchev–Trinajstić information content (AvgIpc) is 2.81. The monoisotopic (exact) mass is 274 g/mol. The van der Waals surface area contributed by atoms with Gasteiger partial charge in [-0.05, 0) is 24.1 Å². The molecule has 0 atom stereocenters. The first-order valence-corrected chi connectivity index (χ1v) is 7.33. The Balaban J connectivity index is 2.49. The van der Waals surface area contributed by atoms with Crippen molar-refractivity contribution >= 4 is 17.0 Å². The predicted octanol–water partition coefficient (Wildman–Crippen LogP) is 3.73. The number of fused-ring (bicyclic) bond motifs is 1. The molecule has 2 aromatic rings. The van der Waals surface area contributed by atoms with Gasteiger partial charge in [0.15, 0.2) is 0 Å². The maximum absolute atomic E-state index is 11.0. The Bertz CT molecular complexity index is 612. The van der Waals surface area contributed by atoms with Crippen LogP contribution in [0.15, 0.2) is 18.2 Å². The number of nitrogens with zero attached hydrogens (tertiary/aromatic N) is 2. The fraction of sp³-hybridized carbons (Fsp3) is 0.500. The van der Waals surface area contributed by atoms with Gasteiger partial charge in [0.25, 0.3) is 0 Å². The van der Waals surface area contributed by atoms with Crippen LogP contribution in [0.5, 0.6) is 0 Å². The number of benzene rings is 1. The van der Waals surface area contributed by atoms with Crippen LogP contribution in [0.3, 0.4) is 0 Å². The van der Waals surface area contributed by atoms with E-state index in [4.69, 9.17) is 5.11 Å². The van der Waals surface area contributed by atoms with E-state index in [0.717, 1.165) is 42.7 Å². The summed E-state index contributed by atoms with van der Waals surface area (Å²) < 4.78 is 2.25. The number of aromatic carboxylic acids is 1. The molecule has 0 fully saturated rings. The van der Waals surface area contributed by atoms with E-state index in [1.807, 2.05) is 6.07 Å². The lowest BCUT2D eigenvalue weighted by Crippen LogP contribution is -2.11. The van der Waals surface area contributed by atoms with E-state index in [1.54, 1.807) is 12.1 Å². The third-order valence-electron chi connectivity index (χ3n) is 3.99. The Hall–Kier alpha value is -1.84. The van der Waals surface area contributed by atoms with Crippen molar-refractivity contribution in [3.63, 3.8) is 0 Å². The van der Waals surface area contributed by atoms with Crippen molar-refractivity contribution in [3.8, 4) is 0 Å². The van der Waals surface area contributed by atoms with Gasteiger partial charge in [-0.15, -0.1) is 0 Å². The predicted molar refractivity (Wildman–Crippen MR) is 80.1 cm³/mol. The minimum absolute atomic E-state index is 0.298. The van der Waals surface area contributed by atoms with Gasteiger partial charge < -0.3 is 9.67 Å². The van der Waals surface area contributed by atoms with Crippen molar-refractivity contribution in [1.29, 1.82) is 0 Å². The number of imidazole rings is 1. The lowest BCUT2D eigenvalue weighted by atomic mass is 10.0. The number of carbonyl (C=O) groups is 1. The average molecular weight is 274 g/mol.